The van der Waals surface area contributed by atoms with Crippen LogP contribution in [0.5, 0.6) is 0 Å². The molecule has 1 heterocycles. The Morgan fingerprint density at radius 2 is 1.95 bits per heavy atom. The normalized spacial score (nSPS) is 11.4. The van der Waals surface area contributed by atoms with E-state index >= 15 is 0 Å². The van der Waals surface area contributed by atoms with Crippen LogP contribution < -0.4 is 5.32 Å². The minimum absolute atomic E-state index is 0.00337. The molecule has 0 unspecified atom stereocenters. The van der Waals surface area contributed by atoms with Gasteiger partial charge in [0.2, 0.25) is 5.91 Å². The lowest BCUT2D eigenvalue weighted by Crippen LogP contribution is -2.14. The monoisotopic (exact) mass is 320 g/mol. The Hall–Kier alpha value is -1.33. The van der Waals surface area contributed by atoms with Crippen molar-refractivity contribution in [2.75, 3.05) is 11.1 Å². The zero-order valence-corrected chi connectivity index (χ0v) is 14.4. The van der Waals surface area contributed by atoms with E-state index < -0.39 is 0 Å². The van der Waals surface area contributed by atoms with Crippen LogP contribution in [0.25, 0.3) is 0 Å². The van der Waals surface area contributed by atoms with E-state index in [4.69, 9.17) is 0 Å². The molecule has 0 saturated heterocycles. The number of benzene rings is 1. The quantitative estimate of drug-likeness (QED) is 0.845. The minimum Gasteiger partial charge on any atom is -0.325 e. The number of aryl methyl sites for hydroxylation is 1. The SMILES string of the molecule is Cc1ccc(NC(=O)CSc2nc(C(C)(C)C)cs2)cc1. The lowest BCUT2D eigenvalue weighted by atomic mass is 9.93. The van der Waals surface area contributed by atoms with Crippen LogP contribution >= 0.6 is 23.1 Å². The molecule has 2 rings (SSSR count). The maximum atomic E-state index is 11.9. The molecule has 0 aliphatic rings. The summed E-state index contributed by atoms with van der Waals surface area (Å²) in [6, 6.07) is 7.80. The van der Waals surface area contributed by atoms with Crippen molar-refractivity contribution >= 4 is 34.7 Å². The third-order valence-corrected chi connectivity index (χ3v) is 4.93. The predicted octanol–water partition coefficient (Wildman–Crippen LogP) is 4.48. The summed E-state index contributed by atoms with van der Waals surface area (Å²) >= 11 is 3.08. The molecule has 1 aromatic heterocycles. The van der Waals surface area contributed by atoms with E-state index in [0.29, 0.717) is 5.75 Å². The van der Waals surface area contributed by atoms with Gasteiger partial charge in [0.15, 0.2) is 4.34 Å². The van der Waals surface area contributed by atoms with Crippen LogP contribution in [0.4, 0.5) is 5.69 Å². The van der Waals surface area contributed by atoms with Crippen molar-refractivity contribution in [3.8, 4) is 0 Å². The summed E-state index contributed by atoms with van der Waals surface area (Å²) in [5.41, 5.74) is 3.15. The van der Waals surface area contributed by atoms with E-state index in [9.17, 15) is 4.79 Å². The number of aromatic nitrogens is 1. The van der Waals surface area contributed by atoms with Gasteiger partial charge in [-0.05, 0) is 19.1 Å². The second-order valence-electron chi connectivity index (χ2n) is 5.95. The van der Waals surface area contributed by atoms with E-state index in [1.165, 1.54) is 17.3 Å². The van der Waals surface area contributed by atoms with Crippen LogP contribution in [0, 0.1) is 6.92 Å². The van der Waals surface area contributed by atoms with Crippen LogP contribution in [0.2, 0.25) is 0 Å². The van der Waals surface area contributed by atoms with Gasteiger partial charge in [-0.25, -0.2) is 4.98 Å². The number of carbonyl (C=O) groups is 1. The van der Waals surface area contributed by atoms with Gasteiger partial charge in [0, 0.05) is 16.5 Å². The summed E-state index contributed by atoms with van der Waals surface area (Å²) < 4.78 is 0.944. The van der Waals surface area contributed by atoms with Gasteiger partial charge >= 0.3 is 0 Å². The predicted molar refractivity (Wildman–Crippen MR) is 91.3 cm³/mol. The van der Waals surface area contributed by atoms with Gasteiger partial charge in [0.1, 0.15) is 0 Å². The van der Waals surface area contributed by atoms with Crippen molar-refractivity contribution in [2.24, 2.45) is 0 Å². The molecule has 2 aromatic rings. The van der Waals surface area contributed by atoms with Gasteiger partial charge in [-0.2, -0.15) is 0 Å². The van der Waals surface area contributed by atoms with Crippen molar-refractivity contribution in [2.45, 2.75) is 37.4 Å². The summed E-state index contributed by atoms with van der Waals surface area (Å²) in [7, 11) is 0. The largest absolute Gasteiger partial charge is 0.325 e. The van der Waals surface area contributed by atoms with Crippen LogP contribution in [0.3, 0.4) is 0 Å². The Kier molecular flexibility index (Phi) is 5.06. The number of nitrogens with one attached hydrogen (secondary N) is 1. The Morgan fingerprint density at radius 1 is 1.29 bits per heavy atom. The van der Waals surface area contributed by atoms with Crippen molar-refractivity contribution in [3.63, 3.8) is 0 Å². The molecular formula is C16H20N2OS2. The second-order valence-corrected chi connectivity index (χ2v) is 8.03. The molecule has 0 saturated carbocycles. The molecule has 0 atom stereocenters. The fourth-order valence-electron chi connectivity index (χ4n) is 1.63. The van der Waals surface area contributed by atoms with Crippen molar-refractivity contribution < 1.29 is 4.79 Å². The maximum Gasteiger partial charge on any atom is 0.234 e. The Bertz CT molecular complexity index is 612. The maximum absolute atomic E-state index is 11.9. The van der Waals surface area contributed by atoms with E-state index in [0.717, 1.165) is 15.7 Å². The first kappa shape index (κ1) is 16.0. The summed E-state index contributed by atoms with van der Waals surface area (Å²) in [6.45, 7) is 8.44. The number of thiazole rings is 1. The zero-order chi connectivity index (χ0) is 15.5. The van der Waals surface area contributed by atoms with Gasteiger partial charge in [0.05, 0.1) is 11.4 Å². The van der Waals surface area contributed by atoms with Crippen LogP contribution in [0.15, 0.2) is 34.0 Å². The number of rotatable bonds is 4. The van der Waals surface area contributed by atoms with Gasteiger partial charge in [-0.3, -0.25) is 4.79 Å². The minimum atomic E-state index is -0.00337. The summed E-state index contributed by atoms with van der Waals surface area (Å²) in [5.74, 6) is 0.377. The number of thioether (sulfide) groups is 1. The average molecular weight is 320 g/mol. The third kappa shape index (κ3) is 4.86. The fourth-order valence-corrected chi connectivity index (χ4v) is 3.48. The van der Waals surface area contributed by atoms with E-state index in [1.54, 1.807) is 11.3 Å². The van der Waals surface area contributed by atoms with Gasteiger partial charge in [0.25, 0.3) is 0 Å². The van der Waals surface area contributed by atoms with Gasteiger partial charge < -0.3 is 5.32 Å². The summed E-state index contributed by atoms with van der Waals surface area (Å²) in [6.07, 6.45) is 0. The molecule has 1 aromatic carbocycles. The number of hydrogen-bond donors (Lipinski definition) is 1. The first-order valence-corrected chi connectivity index (χ1v) is 8.66. The zero-order valence-electron chi connectivity index (χ0n) is 12.8. The number of nitrogens with zero attached hydrogens (tertiary/aromatic N) is 1. The molecule has 0 bridgehead atoms. The molecule has 0 spiro atoms. The van der Waals surface area contributed by atoms with Gasteiger partial charge in [-0.15, -0.1) is 11.3 Å². The molecule has 21 heavy (non-hydrogen) atoms. The third-order valence-electron chi connectivity index (χ3n) is 2.91. The summed E-state index contributed by atoms with van der Waals surface area (Å²) in [5, 5.41) is 4.96. The number of carbonyl (C=O) groups excluding carboxylic acids is 1. The number of anilines is 1. The molecular weight excluding hydrogens is 300 g/mol. The van der Waals surface area contributed by atoms with Gasteiger partial charge in [-0.1, -0.05) is 50.2 Å². The van der Waals surface area contributed by atoms with Crippen LogP contribution in [-0.4, -0.2) is 16.6 Å². The Balaban J connectivity index is 1.86. The van der Waals surface area contributed by atoms with Crippen molar-refractivity contribution in [1.82, 2.24) is 4.98 Å². The Morgan fingerprint density at radius 3 is 2.52 bits per heavy atom. The van der Waals surface area contributed by atoms with Crippen molar-refractivity contribution in [1.29, 1.82) is 0 Å². The molecule has 0 aliphatic carbocycles. The smallest absolute Gasteiger partial charge is 0.234 e. The molecule has 3 nitrogen and oxygen atoms in total. The van der Waals surface area contributed by atoms with E-state index in [-0.39, 0.29) is 11.3 Å². The standard InChI is InChI=1S/C16H20N2OS2/c1-11-5-7-12(8-6-11)17-14(19)10-21-15-18-13(9-20-15)16(2,3)4/h5-9H,10H2,1-4H3,(H,17,19). The number of amides is 1. The Labute approximate surface area is 134 Å². The van der Waals surface area contributed by atoms with E-state index in [1.807, 2.05) is 31.2 Å². The molecule has 0 radical (unpaired) electrons. The number of hydrogen-bond acceptors (Lipinski definition) is 4. The topological polar surface area (TPSA) is 42.0 Å². The molecule has 1 N–H and O–H groups in total. The molecule has 0 aliphatic heterocycles. The highest BCUT2D eigenvalue weighted by Gasteiger charge is 2.17. The lowest BCUT2D eigenvalue weighted by Gasteiger charge is -2.14. The highest BCUT2D eigenvalue weighted by molar-refractivity contribution is 8.01. The fraction of sp³-hybridized carbons (Fsp3) is 0.375. The molecule has 112 valence electrons. The van der Waals surface area contributed by atoms with Crippen molar-refractivity contribution in [3.05, 3.63) is 40.9 Å². The molecule has 1 amide bonds. The highest BCUT2D eigenvalue weighted by atomic mass is 32.2. The summed E-state index contributed by atoms with van der Waals surface area (Å²) in [4.78, 5) is 16.5. The van der Waals surface area contributed by atoms with Crippen LogP contribution in [0.1, 0.15) is 32.0 Å². The first-order chi connectivity index (χ1) is 9.84. The van der Waals surface area contributed by atoms with Crippen LogP contribution in [-0.2, 0) is 10.2 Å². The second kappa shape index (κ2) is 6.62. The lowest BCUT2D eigenvalue weighted by molar-refractivity contribution is -0.113. The van der Waals surface area contributed by atoms with E-state index in [2.05, 4.69) is 36.5 Å². The highest BCUT2D eigenvalue weighted by Crippen LogP contribution is 2.29. The molecule has 5 heteroatoms. The average Bonchev–Trinajstić information content (AvgIpc) is 2.88. The first-order valence-electron chi connectivity index (χ1n) is 6.80. The molecule has 0 fully saturated rings.